The van der Waals surface area contributed by atoms with Gasteiger partial charge in [-0.25, -0.2) is 0 Å². The maximum atomic E-state index is 5.49. The van der Waals surface area contributed by atoms with Crippen LogP contribution in [0.2, 0.25) is 0 Å². The van der Waals surface area contributed by atoms with Crippen molar-refractivity contribution in [2.24, 2.45) is 0 Å². The molecule has 0 aromatic rings. The number of hydrogen-bond acceptors (Lipinski definition) is 5. The lowest BCUT2D eigenvalue weighted by molar-refractivity contribution is 0.0147. The zero-order valence-electron chi connectivity index (χ0n) is 14.4. The van der Waals surface area contributed by atoms with Crippen molar-refractivity contribution in [2.45, 2.75) is 32.6 Å². The number of nitrogens with one attached hydrogen (secondary N) is 1. The topological polar surface area (TPSA) is 43.0 Å². The summed E-state index contributed by atoms with van der Waals surface area (Å²) < 4.78 is 16.3. The summed E-state index contributed by atoms with van der Waals surface area (Å²) in [5, 5.41) is 3.39. The van der Waals surface area contributed by atoms with Gasteiger partial charge in [0.05, 0.1) is 33.0 Å². The summed E-state index contributed by atoms with van der Waals surface area (Å²) in [6.07, 6.45) is 4.78. The SMILES string of the molecule is CCCCOCCOCCOCCNCCCCN(C)C. The zero-order valence-corrected chi connectivity index (χ0v) is 14.4. The van der Waals surface area contributed by atoms with Crippen LogP contribution in [0.1, 0.15) is 32.6 Å². The van der Waals surface area contributed by atoms with E-state index in [9.17, 15) is 0 Å². The van der Waals surface area contributed by atoms with Crippen LogP contribution in [0.3, 0.4) is 0 Å². The summed E-state index contributed by atoms with van der Waals surface area (Å²) >= 11 is 0. The number of ether oxygens (including phenoxy) is 3. The second kappa shape index (κ2) is 17.9. The van der Waals surface area contributed by atoms with Gasteiger partial charge in [0.15, 0.2) is 0 Å². The Morgan fingerprint density at radius 1 is 0.714 bits per heavy atom. The van der Waals surface area contributed by atoms with Gasteiger partial charge in [-0.1, -0.05) is 13.3 Å². The van der Waals surface area contributed by atoms with E-state index < -0.39 is 0 Å². The van der Waals surface area contributed by atoms with Gasteiger partial charge in [-0.2, -0.15) is 0 Å². The van der Waals surface area contributed by atoms with Crippen molar-refractivity contribution in [3.8, 4) is 0 Å². The molecule has 5 nitrogen and oxygen atoms in total. The largest absolute Gasteiger partial charge is 0.379 e. The Morgan fingerprint density at radius 2 is 1.33 bits per heavy atom. The summed E-state index contributed by atoms with van der Waals surface area (Å²) in [6, 6.07) is 0. The average Bonchev–Trinajstić information content (AvgIpc) is 2.46. The van der Waals surface area contributed by atoms with E-state index in [1.165, 1.54) is 19.3 Å². The Morgan fingerprint density at radius 3 is 1.95 bits per heavy atom. The number of hydrogen-bond donors (Lipinski definition) is 1. The lowest BCUT2D eigenvalue weighted by Gasteiger charge is -2.09. The normalized spacial score (nSPS) is 11.4. The smallest absolute Gasteiger partial charge is 0.0701 e. The fourth-order valence-electron chi connectivity index (χ4n) is 1.74. The van der Waals surface area contributed by atoms with Crippen molar-refractivity contribution in [1.82, 2.24) is 10.2 Å². The van der Waals surface area contributed by atoms with Crippen molar-refractivity contribution in [2.75, 3.05) is 73.4 Å². The maximum Gasteiger partial charge on any atom is 0.0701 e. The van der Waals surface area contributed by atoms with Crippen LogP contribution in [0.5, 0.6) is 0 Å². The summed E-state index contributed by atoms with van der Waals surface area (Å²) in [5.74, 6) is 0. The molecule has 0 aliphatic heterocycles. The monoisotopic (exact) mass is 304 g/mol. The van der Waals surface area contributed by atoms with Gasteiger partial charge in [-0.05, 0) is 46.4 Å². The minimum absolute atomic E-state index is 0.653. The molecule has 21 heavy (non-hydrogen) atoms. The Labute approximate surface area is 131 Å². The predicted molar refractivity (Wildman–Crippen MR) is 88.0 cm³/mol. The summed E-state index contributed by atoms with van der Waals surface area (Å²) in [7, 11) is 4.22. The highest BCUT2D eigenvalue weighted by Crippen LogP contribution is 1.89. The third-order valence-electron chi connectivity index (χ3n) is 3.02. The second-order valence-electron chi connectivity index (χ2n) is 5.45. The minimum atomic E-state index is 0.653. The van der Waals surface area contributed by atoms with E-state index >= 15 is 0 Å². The molecule has 0 radical (unpaired) electrons. The molecule has 0 spiro atoms. The van der Waals surface area contributed by atoms with Crippen molar-refractivity contribution in [3.63, 3.8) is 0 Å². The Kier molecular flexibility index (Phi) is 17.7. The minimum Gasteiger partial charge on any atom is -0.379 e. The quantitative estimate of drug-likeness (QED) is 0.415. The highest BCUT2D eigenvalue weighted by molar-refractivity contribution is 4.50. The molecular formula is C16H36N2O3. The van der Waals surface area contributed by atoms with Crippen LogP contribution < -0.4 is 5.32 Å². The molecule has 0 rings (SSSR count). The Balaban J connectivity index is 2.93. The molecule has 1 N–H and O–H groups in total. The standard InChI is InChI=1S/C16H36N2O3/c1-4-5-11-19-13-15-21-16-14-20-12-9-17-8-6-7-10-18(2)3/h17H,4-16H2,1-3H3. The third kappa shape index (κ3) is 19.8. The number of nitrogens with zero attached hydrogens (tertiary/aromatic N) is 1. The van der Waals surface area contributed by atoms with Gasteiger partial charge < -0.3 is 24.4 Å². The molecule has 0 aromatic heterocycles. The maximum absolute atomic E-state index is 5.49. The van der Waals surface area contributed by atoms with Crippen molar-refractivity contribution in [1.29, 1.82) is 0 Å². The highest BCUT2D eigenvalue weighted by Gasteiger charge is 1.93. The van der Waals surface area contributed by atoms with Gasteiger partial charge >= 0.3 is 0 Å². The van der Waals surface area contributed by atoms with E-state index in [4.69, 9.17) is 14.2 Å². The molecule has 0 aliphatic rings. The van der Waals surface area contributed by atoms with E-state index in [0.29, 0.717) is 26.4 Å². The van der Waals surface area contributed by atoms with Crippen molar-refractivity contribution in [3.05, 3.63) is 0 Å². The summed E-state index contributed by atoms with van der Waals surface area (Å²) in [4.78, 5) is 2.22. The molecule has 0 aliphatic carbocycles. The second-order valence-corrected chi connectivity index (χ2v) is 5.45. The van der Waals surface area contributed by atoms with Gasteiger partial charge in [0.25, 0.3) is 0 Å². The Hall–Kier alpha value is -0.200. The lowest BCUT2D eigenvalue weighted by Crippen LogP contribution is -2.23. The van der Waals surface area contributed by atoms with Crippen LogP contribution in [0, 0.1) is 0 Å². The van der Waals surface area contributed by atoms with E-state index in [-0.39, 0.29) is 0 Å². The first-order valence-corrected chi connectivity index (χ1v) is 8.36. The third-order valence-corrected chi connectivity index (χ3v) is 3.02. The molecular weight excluding hydrogens is 268 g/mol. The van der Waals surface area contributed by atoms with Crippen molar-refractivity contribution >= 4 is 0 Å². The molecule has 5 heteroatoms. The first-order chi connectivity index (χ1) is 10.3. The highest BCUT2D eigenvalue weighted by atomic mass is 16.5. The molecule has 0 heterocycles. The van der Waals surface area contributed by atoms with E-state index in [1.807, 2.05) is 0 Å². The lowest BCUT2D eigenvalue weighted by atomic mass is 10.3. The summed E-state index contributed by atoms with van der Waals surface area (Å²) in [6.45, 7) is 9.59. The van der Waals surface area contributed by atoms with Crippen LogP contribution in [0.4, 0.5) is 0 Å². The van der Waals surface area contributed by atoms with E-state index in [2.05, 4.69) is 31.2 Å². The molecule has 0 unspecified atom stereocenters. The van der Waals surface area contributed by atoms with E-state index in [1.54, 1.807) is 0 Å². The zero-order chi connectivity index (χ0) is 15.6. The van der Waals surface area contributed by atoms with Crippen LogP contribution in [-0.2, 0) is 14.2 Å². The molecule has 0 saturated carbocycles. The Bertz CT molecular complexity index is 192. The fraction of sp³-hybridized carbons (Fsp3) is 1.00. The summed E-state index contributed by atoms with van der Waals surface area (Å²) in [5.41, 5.74) is 0. The molecule has 0 bridgehead atoms. The van der Waals surface area contributed by atoms with Gasteiger partial charge in [0.2, 0.25) is 0 Å². The van der Waals surface area contributed by atoms with Gasteiger partial charge in [0.1, 0.15) is 0 Å². The van der Waals surface area contributed by atoms with Gasteiger partial charge in [-0.15, -0.1) is 0 Å². The number of unbranched alkanes of at least 4 members (excludes halogenated alkanes) is 2. The van der Waals surface area contributed by atoms with Crippen LogP contribution in [0.25, 0.3) is 0 Å². The molecule has 0 saturated heterocycles. The number of rotatable bonds is 17. The van der Waals surface area contributed by atoms with E-state index in [0.717, 1.165) is 39.3 Å². The molecule has 0 aromatic carbocycles. The van der Waals surface area contributed by atoms with Crippen LogP contribution >= 0.6 is 0 Å². The molecule has 0 amide bonds. The van der Waals surface area contributed by atoms with Gasteiger partial charge in [-0.3, -0.25) is 0 Å². The van der Waals surface area contributed by atoms with Crippen LogP contribution in [-0.4, -0.2) is 78.3 Å². The molecule has 0 atom stereocenters. The predicted octanol–water partition coefficient (Wildman–Crippen LogP) is 1.77. The fourth-order valence-corrected chi connectivity index (χ4v) is 1.74. The molecule has 0 fully saturated rings. The first kappa shape index (κ1) is 20.8. The van der Waals surface area contributed by atoms with Crippen LogP contribution in [0.15, 0.2) is 0 Å². The van der Waals surface area contributed by atoms with Crippen molar-refractivity contribution < 1.29 is 14.2 Å². The molecule has 128 valence electrons. The van der Waals surface area contributed by atoms with Gasteiger partial charge in [0, 0.05) is 13.2 Å². The first-order valence-electron chi connectivity index (χ1n) is 8.36. The average molecular weight is 304 g/mol.